The largest absolute Gasteiger partial charge is 0.464 e. The lowest BCUT2D eigenvalue weighted by molar-refractivity contribution is -0.146. The molecule has 1 aromatic heterocycles. The molecule has 5 rings (SSSR count). The van der Waals surface area contributed by atoms with Crippen LogP contribution in [0, 0.1) is 12.8 Å². The summed E-state index contributed by atoms with van der Waals surface area (Å²) in [6.45, 7) is 8.82. The van der Waals surface area contributed by atoms with E-state index in [1.165, 1.54) is 32.1 Å². The zero-order valence-electron chi connectivity index (χ0n) is 29.8. The average molecular weight is 670 g/mol. The first-order chi connectivity index (χ1) is 23.9. The smallest absolute Gasteiger partial charge is 0.329 e. The van der Waals surface area contributed by atoms with Gasteiger partial charge in [-0.25, -0.2) is 4.79 Å². The number of benzene rings is 2. The molecular weight excluding hydrogens is 614 g/mol. The number of nitrogens with zero attached hydrogens (tertiary/aromatic N) is 3. The van der Waals surface area contributed by atoms with Crippen LogP contribution in [0.5, 0.6) is 0 Å². The van der Waals surface area contributed by atoms with E-state index in [9.17, 15) is 14.4 Å². The molecule has 49 heavy (non-hydrogen) atoms. The van der Waals surface area contributed by atoms with E-state index in [1.54, 1.807) is 23.3 Å². The van der Waals surface area contributed by atoms with Crippen LogP contribution in [-0.2, 0) is 20.7 Å². The molecule has 1 aliphatic carbocycles. The fourth-order valence-electron chi connectivity index (χ4n) is 7.66. The van der Waals surface area contributed by atoms with E-state index in [-0.39, 0.29) is 30.4 Å². The second kappa shape index (κ2) is 18.2. The van der Waals surface area contributed by atoms with E-state index in [1.807, 2.05) is 61.2 Å². The summed E-state index contributed by atoms with van der Waals surface area (Å²) >= 11 is 0. The Labute approximate surface area is 292 Å². The number of rotatable bonds is 15. The minimum absolute atomic E-state index is 0.0159. The second-order valence-electron chi connectivity index (χ2n) is 13.8. The maximum absolute atomic E-state index is 14.0. The van der Waals surface area contributed by atoms with Crippen molar-refractivity contribution in [2.45, 2.75) is 110 Å². The first-order valence-corrected chi connectivity index (χ1v) is 18.6. The molecule has 1 aliphatic heterocycles. The van der Waals surface area contributed by atoms with Gasteiger partial charge in [-0.2, -0.15) is 0 Å². The van der Waals surface area contributed by atoms with Gasteiger partial charge in [-0.1, -0.05) is 74.9 Å². The number of piperidine rings is 1. The van der Waals surface area contributed by atoms with Crippen LogP contribution < -0.4 is 9.80 Å². The number of hydrogen-bond acceptors (Lipinski definition) is 6. The van der Waals surface area contributed by atoms with E-state index in [4.69, 9.17) is 9.15 Å². The molecule has 2 aromatic carbocycles. The van der Waals surface area contributed by atoms with Gasteiger partial charge in [0.1, 0.15) is 6.04 Å². The predicted molar refractivity (Wildman–Crippen MR) is 195 cm³/mol. The third kappa shape index (κ3) is 9.62. The number of para-hydroxylation sites is 1. The zero-order chi connectivity index (χ0) is 34.6. The Hall–Kier alpha value is -3.91. The monoisotopic (exact) mass is 669 g/mol. The number of aryl methyl sites for hydroxylation is 2. The summed E-state index contributed by atoms with van der Waals surface area (Å²) in [6.07, 6.45) is 13.0. The highest BCUT2D eigenvalue weighted by Crippen LogP contribution is 2.31. The van der Waals surface area contributed by atoms with Crippen molar-refractivity contribution in [2.24, 2.45) is 5.92 Å². The van der Waals surface area contributed by atoms with Crippen LogP contribution >= 0.6 is 0 Å². The molecule has 1 saturated carbocycles. The summed E-state index contributed by atoms with van der Waals surface area (Å²) in [7, 11) is 0. The molecular formula is C41H55N3O5. The standard InChI is InChI=1S/C41H55N3O5/c1-4-36(41(47)48-5-2)44(39(45)24-21-32-13-7-6-8-14-32)37-17-10-9-15-33(37)16-11-27-42-28-25-35(26-29-42)43(34-22-19-31(3)20-23-34)40(46)38-18-12-30-49-38/h9-10,12,15,17-20,22-23,30,32,35-36H,4-8,11,13-14,16,21,24-29H2,1-3H3. The molecule has 1 saturated heterocycles. The van der Waals surface area contributed by atoms with Crippen molar-refractivity contribution < 1.29 is 23.5 Å². The van der Waals surface area contributed by atoms with Gasteiger partial charge in [0.15, 0.2) is 5.76 Å². The van der Waals surface area contributed by atoms with Crippen molar-refractivity contribution in [3.05, 3.63) is 83.8 Å². The number of carbonyl (C=O) groups excluding carboxylic acids is 3. The van der Waals surface area contributed by atoms with Gasteiger partial charge in [0, 0.05) is 36.9 Å². The van der Waals surface area contributed by atoms with E-state index < -0.39 is 6.04 Å². The molecule has 264 valence electrons. The van der Waals surface area contributed by atoms with Crippen LogP contribution in [0.15, 0.2) is 71.3 Å². The highest BCUT2D eigenvalue weighted by molar-refractivity contribution is 6.04. The number of anilines is 2. The van der Waals surface area contributed by atoms with Crippen molar-refractivity contribution in [1.82, 2.24) is 4.90 Å². The molecule has 8 heteroatoms. The predicted octanol–water partition coefficient (Wildman–Crippen LogP) is 8.37. The van der Waals surface area contributed by atoms with E-state index >= 15 is 0 Å². The summed E-state index contributed by atoms with van der Waals surface area (Å²) < 4.78 is 11.0. The second-order valence-corrected chi connectivity index (χ2v) is 13.8. The van der Waals surface area contributed by atoms with Crippen molar-refractivity contribution in [3.8, 4) is 0 Å². The first kappa shape index (κ1) is 36.4. The van der Waals surface area contributed by atoms with E-state index in [2.05, 4.69) is 17.9 Å². The van der Waals surface area contributed by atoms with Gasteiger partial charge in [0.2, 0.25) is 5.91 Å². The minimum atomic E-state index is -0.639. The van der Waals surface area contributed by atoms with Crippen molar-refractivity contribution in [2.75, 3.05) is 36.0 Å². The quantitative estimate of drug-likeness (QED) is 0.151. The maximum atomic E-state index is 14.0. The lowest BCUT2D eigenvalue weighted by atomic mass is 9.86. The van der Waals surface area contributed by atoms with Gasteiger partial charge in [0.25, 0.3) is 5.91 Å². The van der Waals surface area contributed by atoms with Crippen LogP contribution in [0.3, 0.4) is 0 Å². The van der Waals surface area contributed by atoms with Gasteiger partial charge >= 0.3 is 5.97 Å². The molecule has 8 nitrogen and oxygen atoms in total. The Kier molecular flexibility index (Phi) is 13.5. The highest BCUT2D eigenvalue weighted by atomic mass is 16.5. The molecule has 1 atom stereocenters. The number of esters is 1. The third-order valence-electron chi connectivity index (χ3n) is 10.4. The fraction of sp³-hybridized carbons (Fsp3) is 0.537. The number of likely N-dealkylation sites (tertiary alicyclic amines) is 1. The molecule has 2 fully saturated rings. The Balaban J connectivity index is 1.23. The van der Waals surface area contributed by atoms with Gasteiger partial charge in [-0.3, -0.25) is 14.5 Å². The van der Waals surface area contributed by atoms with Gasteiger partial charge < -0.3 is 19.0 Å². The zero-order valence-corrected chi connectivity index (χ0v) is 29.8. The Morgan fingerprint density at radius 1 is 0.918 bits per heavy atom. The number of carbonyl (C=O) groups is 3. The number of hydrogen-bond donors (Lipinski definition) is 0. The van der Waals surface area contributed by atoms with Crippen molar-refractivity contribution in [3.63, 3.8) is 0 Å². The summed E-state index contributed by atoms with van der Waals surface area (Å²) in [6, 6.07) is 19.2. The molecule has 1 unspecified atom stereocenters. The van der Waals surface area contributed by atoms with Crippen molar-refractivity contribution in [1.29, 1.82) is 0 Å². The van der Waals surface area contributed by atoms with Crippen LogP contribution in [-0.4, -0.2) is 61.0 Å². The minimum Gasteiger partial charge on any atom is -0.464 e. The molecule has 2 heterocycles. The van der Waals surface area contributed by atoms with Gasteiger partial charge in [-0.15, -0.1) is 0 Å². The van der Waals surface area contributed by atoms with Crippen LogP contribution in [0.25, 0.3) is 0 Å². The Morgan fingerprint density at radius 2 is 1.65 bits per heavy atom. The summed E-state index contributed by atoms with van der Waals surface area (Å²) in [5.74, 6) is 0.529. The Morgan fingerprint density at radius 3 is 2.33 bits per heavy atom. The normalized spacial score (nSPS) is 16.6. The fourth-order valence-corrected chi connectivity index (χ4v) is 7.66. The molecule has 0 bridgehead atoms. The van der Waals surface area contributed by atoms with E-state index in [0.29, 0.717) is 24.5 Å². The summed E-state index contributed by atoms with van der Waals surface area (Å²) in [4.78, 5) is 46.9. The molecule has 3 aromatic rings. The lowest BCUT2D eigenvalue weighted by Crippen LogP contribution is -2.48. The molecule has 0 radical (unpaired) electrons. The molecule has 2 aliphatic rings. The molecule has 0 N–H and O–H groups in total. The van der Waals surface area contributed by atoms with Crippen molar-refractivity contribution >= 4 is 29.2 Å². The number of furan rings is 1. The third-order valence-corrected chi connectivity index (χ3v) is 10.4. The topological polar surface area (TPSA) is 83.3 Å². The highest BCUT2D eigenvalue weighted by Gasteiger charge is 2.33. The maximum Gasteiger partial charge on any atom is 0.329 e. The summed E-state index contributed by atoms with van der Waals surface area (Å²) in [5, 5.41) is 0. The van der Waals surface area contributed by atoms with E-state index in [0.717, 1.165) is 74.2 Å². The number of amides is 2. The Bertz CT molecular complexity index is 1470. The lowest BCUT2D eigenvalue weighted by Gasteiger charge is -2.38. The van der Waals surface area contributed by atoms with Crippen LogP contribution in [0.2, 0.25) is 0 Å². The van der Waals surface area contributed by atoms with Crippen LogP contribution in [0.1, 0.15) is 106 Å². The van der Waals surface area contributed by atoms with Crippen LogP contribution in [0.4, 0.5) is 11.4 Å². The first-order valence-electron chi connectivity index (χ1n) is 18.6. The SMILES string of the molecule is CCOC(=O)C(CC)N(C(=O)CCC1CCCCC1)c1ccccc1CCCN1CCC(N(C(=O)c2ccco2)c2ccc(C)cc2)CC1. The molecule has 2 amide bonds. The molecule has 0 spiro atoms. The van der Waals surface area contributed by atoms with Gasteiger partial charge in [0.05, 0.1) is 12.9 Å². The van der Waals surface area contributed by atoms with Gasteiger partial charge in [-0.05, 0) is 101 Å². The number of ether oxygens (including phenoxy) is 1. The summed E-state index contributed by atoms with van der Waals surface area (Å²) in [5.41, 5.74) is 3.97. The average Bonchev–Trinajstić information content (AvgIpc) is 3.67.